The van der Waals surface area contributed by atoms with Crippen LogP contribution in [0.3, 0.4) is 0 Å². The molecule has 0 aliphatic heterocycles. The van der Waals surface area contributed by atoms with Gasteiger partial charge in [-0.15, -0.1) is 16.8 Å². The monoisotopic (exact) mass is 340 g/mol. The van der Waals surface area contributed by atoms with E-state index in [2.05, 4.69) is 29.0 Å². The molecule has 8 heteroatoms. The Morgan fingerprint density at radius 1 is 1.39 bits per heavy atom. The highest BCUT2D eigenvalue weighted by Gasteiger charge is 2.29. The van der Waals surface area contributed by atoms with Crippen LogP contribution in [-0.2, 0) is 21.2 Å². The van der Waals surface area contributed by atoms with Gasteiger partial charge < -0.3 is 5.32 Å². The van der Waals surface area contributed by atoms with Gasteiger partial charge in [-0.1, -0.05) is 25.8 Å². The first-order valence-corrected chi connectivity index (χ1v) is 9.53. The highest BCUT2D eigenvalue weighted by atomic mass is 32.2. The smallest absolute Gasteiger partial charge is 0.250 e. The van der Waals surface area contributed by atoms with Gasteiger partial charge in [0.1, 0.15) is 11.6 Å². The van der Waals surface area contributed by atoms with Gasteiger partial charge in [0.15, 0.2) is 0 Å². The van der Waals surface area contributed by atoms with Crippen LogP contribution in [-0.4, -0.2) is 40.9 Å². The summed E-state index contributed by atoms with van der Waals surface area (Å²) in [7, 11) is -3.83. The van der Waals surface area contributed by atoms with Crippen LogP contribution in [0.15, 0.2) is 17.8 Å². The zero-order valence-corrected chi connectivity index (χ0v) is 14.5. The van der Waals surface area contributed by atoms with Crippen molar-refractivity contribution in [3.05, 3.63) is 18.5 Å². The summed E-state index contributed by atoms with van der Waals surface area (Å²) in [4.78, 5) is 12.2. The number of amides is 1. The minimum atomic E-state index is -3.83. The molecule has 23 heavy (non-hydrogen) atoms. The number of carbonyl (C=O) groups excluding carboxylic acids is 1. The Balaban J connectivity index is 2.08. The number of sulfone groups is 1. The highest BCUT2D eigenvalue weighted by molar-refractivity contribution is 7.91. The summed E-state index contributed by atoms with van der Waals surface area (Å²) in [5.74, 6) is -0.229. The molecular formula is C15H24N4O3S. The summed E-state index contributed by atoms with van der Waals surface area (Å²) in [6.45, 7) is 7.63. The Hall–Kier alpha value is -1.70. The average Bonchev–Trinajstić information content (AvgIpc) is 2.83. The molecule has 1 aliphatic rings. The number of nitrogens with zero attached hydrogens (tertiary/aromatic N) is 3. The molecule has 1 aliphatic carbocycles. The molecule has 1 aromatic heterocycles. The third-order valence-corrected chi connectivity index (χ3v) is 5.77. The Morgan fingerprint density at radius 3 is 2.74 bits per heavy atom. The van der Waals surface area contributed by atoms with Gasteiger partial charge in [0.2, 0.25) is 15.7 Å². The Morgan fingerprint density at radius 2 is 2.09 bits per heavy atom. The number of rotatable bonds is 6. The molecule has 1 heterocycles. The Kier molecular flexibility index (Phi) is 5.56. The Labute approximate surface area is 137 Å². The normalized spacial score (nSPS) is 21.8. The molecule has 0 bridgehead atoms. The molecule has 1 amide bonds. The molecule has 1 saturated carbocycles. The lowest BCUT2D eigenvalue weighted by atomic mass is 9.86. The lowest BCUT2D eigenvalue weighted by Crippen LogP contribution is -2.43. The SMILES string of the molecule is C=CCn1c(C)nnc1S(=O)(=O)CC(=O)N[C@@H]1CCCC[C@H]1C. The summed E-state index contributed by atoms with van der Waals surface area (Å²) in [6, 6.07) is 0.0548. The van der Waals surface area contributed by atoms with Crippen molar-refractivity contribution in [3.8, 4) is 0 Å². The minimum Gasteiger partial charge on any atom is -0.352 e. The first kappa shape index (κ1) is 17.7. The molecule has 0 unspecified atom stereocenters. The van der Waals surface area contributed by atoms with E-state index in [1.807, 2.05) is 0 Å². The number of hydrogen-bond acceptors (Lipinski definition) is 5. The molecule has 0 spiro atoms. The van der Waals surface area contributed by atoms with Gasteiger partial charge in [-0.25, -0.2) is 8.42 Å². The van der Waals surface area contributed by atoms with E-state index in [9.17, 15) is 13.2 Å². The van der Waals surface area contributed by atoms with E-state index < -0.39 is 21.5 Å². The van der Waals surface area contributed by atoms with Gasteiger partial charge in [0.05, 0.1) is 0 Å². The molecule has 7 nitrogen and oxygen atoms in total. The van der Waals surface area contributed by atoms with Gasteiger partial charge in [-0.05, 0) is 25.7 Å². The summed E-state index contributed by atoms with van der Waals surface area (Å²) < 4.78 is 26.4. The zero-order chi connectivity index (χ0) is 17.0. The minimum absolute atomic E-state index is 0.0548. The lowest BCUT2D eigenvalue weighted by Gasteiger charge is -2.29. The fourth-order valence-corrected chi connectivity index (χ4v) is 4.21. The number of hydrogen-bond donors (Lipinski definition) is 1. The van der Waals surface area contributed by atoms with Gasteiger partial charge in [-0.2, -0.15) is 0 Å². The van der Waals surface area contributed by atoms with Gasteiger partial charge in [0.25, 0.3) is 5.16 Å². The van der Waals surface area contributed by atoms with E-state index in [1.165, 1.54) is 4.57 Å². The molecular weight excluding hydrogens is 316 g/mol. The van der Waals surface area contributed by atoms with Crippen molar-refractivity contribution in [2.75, 3.05) is 5.75 Å². The van der Waals surface area contributed by atoms with Crippen molar-refractivity contribution in [2.24, 2.45) is 5.92 Å². The van der Waals surface area contributed by atoms with E-state index in [0.29, 0.717) is 11.7 Å². The van der Waals surface area contributed by atoms with Crippen LogP contribution in [0.5, 0.6) is 0 Å². The van der Waals surface area contributed by atoms with E-state index >= 15 is 0 Å². The molecule has 1 N–H and O–H groups in total. The van der Waals surface area contributed by atoms with E-state index in [1.54, 1.807) is 13.0 Å². The molecule has 128 valence electrons. The topological polar surface area (TPSA) is 93.9 Å². The standard InChI is InChI=1S/C15H24N4O3S/c1-4-9-19-12(3)17-18-15(19)23(21,22)10-14(20)16-13-8-6-5-7-11(13)2/h4,11,13H,1,5-10H2,2-3H3,(H,16,20)/t11-,13-/m1/s1. The van der Waals surface area contributed by atoms with Crippen LogP contribution in [0.1, 0.15) is 38.4 Å². The lowest BCUT2D eigenvalue weighted by molar-refractivity contribution is -0.119. The maximum absolute atomic E-state index is 12.5. The zero-order valence-electron chi connectivity index (χ0n) is 13.7. The van der Waals surface area contributed by atoms with Crippen molar-refractivity contribution < 1.29 is 13.2 Å². The molecule has 2 rings (SSSR count). The summed E-state index contributed by atoms with van der Waals surface area (Å²) >= 11 is 0. The molecule has 1 fully saturated rings. The predicted octanol–water partition coefficient (Wildman–Crippen LogP) is 1.24. The molecule has 2 atom stereocenters. The van der Waals surface area contributed by atoms with Gasteiger partial charge in [0, 0.05) is 12.6 Å². The number of carbonyl (C=O) groups is 1. The highest BCUT2D eigenvalue weighted by Crippen LogP contribution is 2.23. The molecule has 0 aromatic carbocycles. The summed E-state index contributed by atoms with van der Waals surface area (Å²) in [6.07, 6.45) is 5.76. The van der Waals surface area contributed by atoms with E-state index in [0.717, 1.165) is 25.7 Å². The molecule has 0 saturated heterocycles. The van der Waals surface area contributed by atoms with Crippen LogP contribution < -0.4 is 5.32 Å². The Bertz CT molecular complexity index is 681. The fraction of sp³-hybridized carbons (Fsp3) is 0.667. The maximum atomic E-state index is 12.5. The van der Waals surface area contributed by atoms with E-state index in [-0.39, 0.29) is 17.7 Å². The van der Waals surface area contributed by atoms with Crippen molar-refractivity contribution in [3.63, 3.8) is 0 Å². The maximum Gasteiger partial charge on any atom is 0.250 e. The van der Waals surface area contributed by atoms with Crippen LogP contribution in [0.4, 0.5) is 0 Å². The van der Waals surface area contributed by atoms with Crippen molar-refractivity contribution in [1.82, 2.24) is 20.1 Å². The van der Waals surface area contributed by atoms with Gasteiger partial charge in [-0.3, -0.25) is 9.36 Å². The van der Waals surface area contributed by atoms with Crippen molar-refractivity contribution >= 4 is 15.7 Å². The first-order valence-electron chi connectivity index (χ1n) is 7.88. The van der Waals surface area contributed by atoms with Gasteiger partial charge >= 0.3 is 0 Å². The second-order valence-electron chi connectivity index (χ2n) is 6.12. The fourth-order valence-electron chi connectivity index (χ4n) is 2.95. The summed E-state index contributed by atoms with van der Waals surface area (Å²) in [5.41, 5.74) is 0. The summed E-state index contributed by atoms with van der Waals surface area (Å²) in [5, 5.41) is 10.2. The van der Waals surface area contributed by atoms with Crippen LogP contribution >= 0.6 is 0 Å². The first-order chi connectivity index (χ1) is 10.8. The average molecular weight is 340 g/mol. The van der Waals surface area contributed by atoms with Crippen LogP contribution in [0, 0.1) is 12.8 Å². The van der Waals surface area contributed by atoms with Crippen molar-refractivity contribution in [1.29, 1.82) is 0 Å². The van der Waals surface area contributed by atoms with Crippen molar-refractivity contribution in [2.45, 2.75) is 57.3 Å². The van der Waals surface area contributed by atoms with Crippen LogP contribution in [0.25, 0.3) is 0 Å². The molecule has 0 radical (unpaired) electrons. The second-order valence-corrected chi connectivity index (χ2v) is 8.01. The number of nitrogens with one attached hydrogen (secondary N) is 1. The van der Waals surface area contributed by atoms with E-state index in [4.69, 9.17) is 0 Å². The van der Waals surface area contributed by atoms with Crippen LogP contribution in [0.2, 0.25) is 0 Å². The largest absolute Gasteiger partial charge is 0.352 e. The third kappa shape index (κ3) is 4.19. The molecule has 1 aromatic rings. The number of aromatic nitrogens is 3. The quantitative estimate of drug-likeness (QED) is 0.786. The number of aryl methyl sites for hydroxylation is 1. The number of allylic oxidation sites excluding steroid dienone is 1. The second kappa shape index (κ2) is 7.25. The predicted molar refractivity (Wildman–Crippen MR) is 86.6 cm³/mol. The third-order valence-electron chi connectivity index (χ3n) is 4.27.